The molecule has 20 heavy (non-hydrogen) atoms. The number of aliphatic hydroxyl groups is 1. The van der Waals surface area contributed by atoms with Crippen LogP contribution in [0.1, 0.15) is 16.9 Å². The maximum Gasteiger partial charge on any atom is 0.273 e. The molecule has 1 unspecified atom stereocenters. The highest BCUT2D eigenvalue weighted by atomic mass is 32.1. The Labute approximate surface area is 121 Å². The minimum absolute atomic E-state index is 0.0284. The van der Waals surface area contributed by atoms with E-state index in [-0.39, 0.29) is 18.4 Å². The Balaban J connectivity index is 1.76. The zero-order valence-electron chi connectivity index (χ0n) is 11.0. The summed E-state index contributed by atoms with van der Waals surface area (Å²) in [5, 5.41) is 11.8. The third kappa shape index (κ3) is 2.59. The Morgan fingerprint density at radius 1 is 1.40 bits per heavy atom. The fourth-order valence-corrected chi connectivity index (χ4v) is 3.21. The number of hydrogen-bond acceptors (Lipinski definition) is 4. The SMILES string of the molecule is O=C(c1csc(-c2ccccc2)n1)N1CCC(CO)C1. The second-order valence-electron chi connectivity index (χ2n) is 4.99. The number of likely N-dealkylation sites (tertiary alicyclic amines) is 1. The van der Waals surface area contributed by atoms with E-state index in [0.717, 1.165) is 17.0 Å². The topological polar surface area (TPSA) is 53.4 Å². The number of aromatic nitrogens is 1. The lowest BCUT2D eigenvalue weighted by atomic mass is 10.1. The normalized spacial score (nSPS) is 18.4. The summed E-state index contributed by atoms with van der Waals surface area (Å²) in [6, 6.07) is 9.87. The second kappa shape index (κ2) is 5.73. The highest BCUT2D eigenvalue weighted by molar-refractivity contribution is 7.13. The van der Waals surface area contributed by atoms with Gasteiger partial charge in [-0.05, 0) is 6.42 Å². The molecule has 0 saturated carbocycles. The smallest absolute Gasteiger partial charge is 0.273 e. The van der Waals surface area contributed by atoms with Crippen LogP contribution < -0.4 is 0 Å². The quantitative estimate of drug-likeness (QED) is 0.942. The highest BCUT2D eigenvalue weighted by Gasteiger charge is 2.27. The lowest BCUT2D eigenvalue weighted by Gasteiger charge is -2.14. The van der Waals surface area contributed by atoms with Crippen LogP contribution in [-0.2, 0) is 0 Å². The fraction of sp³-hybridized carbons (Fsp3) is 0.333. The summed E-state index contributed by atoms with van der Waals surface area (Å²) in [6.07, 6.45) is 0.873. The van der Waals surface area contributed by atoms with Crippen LogP contribution in [0.4, 0.5) is 0 Å². The van der Waals surface area contributed by atoms with E-state index in [4.69, 9.17) is 5.11 Å². The zero-order valence-corrected chi connectivity index (χ0v) is 11.8. The van der Waals surface area contributed by atoms with Gasteiger partial charge in [0.1, 0.15) is 10.7 Å². The average molecular weight is 288 g/mol. The third-order valence-corrected chi connectivity index (χ3v) is 4.47. The zero-order chi connectivity index (χ0) is 13.9. The minimum atomic E-state index is -0.0284. The molecule has 1 amide bonds. The van der Waals surface area contributed by atoms with Crippen molar-refractivity contribution in [1.29, 1.82) is 0 Å². The van der Waals surface area contributed by atoms with E-state index in [1.165, 1.54) is 11.3 Å². The Kier molecular flexibility index (Phi) is 3.80. The third-order valence-electron chi connectivity index (χ3n) is 3.58. The lowest BCUT2D eigenvalue weighted by Crippen LogP contribution is -2.29. The van der Waals surface area contributed by atoms with Crippen molar-refractivity contribution in [2.24, 2.45) is 5.92 Å². The number of rotatable bonds is 3. The van der Waals surface area contributed by atoms with Gasteiger partial charge in [-0.15, -0.1) is 11.3 Å². The number of benzene rings is 1. The molecule has 2 heterocycles. The maximum atomic E-state index is 12.3. The Morgan fingerprint density at radius 3 is 2.90 bits per heavy atom. The van der Waals surface area contributed by atoms with Gasteiger partial charge in [0.2, 0.25) is 0 Å². The molecule has 104 valence electrons. The molecule has 1 N–H and O–H groups in total. The molecular formula is C15H16N2O2S. The first-order valence-corrected chi connectivity index (χ1v) is 7.57. The van der Waals surface area contributed by atoms with Crippen LogP contribution >= 0.6 is 11.3 Å². The fourth-order valence-electron chi connectivity index (χ4n) is 2.41. The Morgan fingerprint density at radius 2 is 2.20 bits per heavy atom. The molecule has 1 saturated heterocycles. The summed E-state index contributed by atoms with van der Waals surface area (Å²) in [5.74, 6) is 0.186. The van der Waals surface area contributed by atoms with E-state index in [2.05, 4.69) is 4.98 Å². The van der Waals surface area contributed by atoms with Crippen molar-refractivity contribution >= 4 is 17.2 Å². The molecule has 0 spiro atoms. The minimum Gasteiger partial charge on any atom is -0.396 e. The Hall–Kier alpha value is -1.72. The van der Waals surface area contributed by atoms with Gasteiger partial charge in [-0.25, -0.2) is 4.98 Å². The summed E-state index contributed by atoms with van der Waals surface area (Å²) in [4.78, 5) is 18.6. The maximum absolute atomic E-state index is 12.3. The van der Waals surface area contributed by atoms with Gasteiger partial charge >= 0.3 is 0 Å². The van der Waals surface area contributed by atoms with E-state index in [9.17, 15) is 4.79 Å². The van der Waals surface area contributed by atoms with Crippen LogP contribution in [0.15, 0.2) is 35.7 Å². The van der Waals surface area contributed by atoms with Crippen LogP contribution in [0.3, 0.4) is 0 Å². The van der Waals surface area contributed by atoms with Gasteiger partial charge < -0.3 is 10.0 Å². The summed E-state index contributed by atoms with van der Waals surface area (Å²) in [5.41, 5.74) is 1.54. The predicted molar refractivity (Wildman–Crippen MR) is 78.6 cm³/mol. The first kappa shape index (κ1) is 13.3. The summed E-state index contributed by atoms with van der Waals surface area (Å²) in [7, 11) is 0. The Bertz CT molecular complexity index is 597. The van der Waals surface area contributed by atoms with Crippen molar-refractivity contribution in [1.82, 2.24) is 9.88 Å². The average Bonchev–Trinajstić information content (AvgIpc) is 3.17. The van der Waals surface area contributed by atoms with Crippen molar-refractivity contribution in [2.45, 2.75) is 6.42 Å². The number of aliphatic hydroxyl groups excluding tert-OH is 1. The van der Waals surface area contributed by atoms with Crippen molar-refractivity contribution in [3.8, 4) is 10.6 Å². The van der Waals surface area contributed by atoms with Crippen LogP contribution in [0.5, 0.6) is 0 Å². The largest absolute Gasteiger partial charge is 0.396 e. The number of amides is 1. The van der Waals surface area contributed by atoms with Gasteiger partial charge in [0, 0.05) is 36.6 Å². The highest BCUT2D eigenvalue weighted by Crippen LogP contribution is 2.25. The predicted octanol–water partition coefficient (Wildman–Crippen LogP) is 2.26. The molecule has 0 aliphatic carbocycles. The number of carbonyl (C=O) groups is 1. The molecule has 2 aromatic rings. The van der Waals surface area contributed by atoms with Crippen LogP contribution in [0.2, 0.25) is 0 Å². The summed E-state index contributed by atoms with van der Waals surface area (Å²) < 4.78 is 0. The van der Waals surface area contributed by atoms with Gasteiger partial charge in [0.05, 0.1) is 0 Å². The van der Waals surface area contributed by atoms with Crippen LogP contribution in [-0.4, -0.2) is 40.6 Å². The molecular weight excluding hydrogens is 272 g/mol. The van der Waals surface area contributed by atoms with Crippen LogP contribution in [0, 0.1) is 5.92 Å². The molecule has 1 fully saturated rings. The van der Waals surface area contributed by atoms with E-state index < -0.39 is 0 Å². The van der Waals surface area contributed by atoms with Crippen molar-refractivity contribution in [3.05, 3.63) is 41.4 Å². The molecule has 1 aromatic carbocycles. The summed E-state index contributed by atoms with van der Waals surface area (Å²) >= 11 is 1.49. The molecule has 0 bridgehead atoms. The van der Waals surface area contributed by atoms with E-state index >= 15 is 0 Å². The number of hydrogen-bond donors (Lipinski definition) is 1. The number of thiazole rings is 1. The molecule has 1 aliphatic rings. The van der Waals surface area contributed by atoms with Crippen LogP contribution in [0.25, 0.3) is 10.6 Å². The van der Waals surface area contributed by atoms with Gasteiger partial charge in [0.15, 0.2) is 0 Å². The lowest BCUT2D eigenvalue weighted by molar-refractivity contribution is 0.0777. The molecule has 0 radical (unpaired) electrons. The molecule has 1 atom stereocenters. The van der Waals surface area contributed by atoms with E-state index in [1.807, 2.05) is 35.7 Å². The molecule has 4 nitrogen and oxygen atoms in total. The van der Waals surface area contributed by atoms with Gasteiger partial charge in [0.25, 0.3) is 5.91 Å². The number of nitrogens with zero attached hydrogens (tertiary/aromatic N) is 2. The summed E-state index contributed by atoms with van der Waals surface area (Å²) in [6.45, 7) is 1.49. The molecule has 3 rings (SSSR count). The van der Waals surface area contributed by atoms with Gasteiger partial charge in [-0.2, -0.15) is 0 Å². The van der Waals surface area contributed by atoms with Crippen molar-refractivity contribution < 1.29 is 9.90 Å². The van der Waals surface area contributed by atoms with Gasteiger partial charge in [-0.1, -0.05) is 30.3 Å². The first-order valence-electron chi connectivity index (χ1n) is 6.69. The first-order chi connectivity index (χ1) is 9.78. The molecule has 1 aromatic heterocycles. The van der Waals surface area contributed by atoms with E-state index in [0.29, 0.717) is 18.8 Å². The number of carbonyl (C=O) groups excluding carboxylic acids is 1. The second-order valence-corrected chi connectivity index (χ2v) is 5.85. The monoisotopic (exact) mass is 288 g/mol. The van der Waals surface area contributed by atoms with E-state index in [1.54, 1.807) is 4.90 Å². The molecule has 1 aliphatic heterocycles. The van der Waals surface area contributed by atoms with Gasteiger partial charge in [-0.3, -0.25) is 4.79 Å². The standard InChI is InChI=1S/C15H16N2O2S/c18-9-11-6-7-17(8-11)15(19)13-10-20-14(16-13)12-4-2-1-3-5-12/h1-5,10-11,18H,6-9H2. The van der Waals surface area contributed by atoms with Crippen molar-refractivity contribution in [3.63, 3.8) is 0 Å². The van der Waals surface area contributed by atoms with Crippen molar-refractivity contribution in [2.75, 3.05) is 19.7 Å². The molecule has 5 heteroatoms.